The maximum Gasteiger partial charge on any atom is 0.433 e. The van der Waals surface area contributed by atoms with Gasteiger partial charge in [0.15, 0.2) is 0 Å². The Labute approximate surface area is 190 Å². The molecule has 0 aliphatic carbocycles. The highest BCUT2D eigenvalue weighted by Gasteiger charge is 2.30. The summed E-state index contributed by atoms with van der Waals surface area (Å²) in [5, 5.41) is 0.651. The number of rotatable bonds is 5. The molecule has 1 N–H and O–H groups in total. The van der Waals surface area contributed by atoms with E-state index in [-0.39, 0.29) is 11.4 Å². The highest BCUT2D eigenvalue weighted by atomic mass is 35.6. The molecule has 0 fully saturated rings. The van der Waals surface area contributed by atoms with E-state index in [9.17, 15) is 9.59 Å². The van der Waals surface area contributed by atoms with Crippen LogP contribution in [0.3, 0.4) is 0 Å². The molecule has 0 aromatic heterocycles. The lowest BCUT2D eigenvalue weighted by Crippen LogP contribution is -2.48. The number of benzene rings is 1. The lowest BCUT2D eigenvalue weighted by molar-refractivity contribution is 0.135. The third-order valence-electron chi connectivity index (χ3n) is 2.74. The van der Waals surface area contributed by atoms with Gasteiger partial charge in [0.05, 0.1) is 14.2 Å². The SMILES string of the molecule is COc1ccc(OC)c(N(NC(=O)OCC(Cl)(Cl)Cl)C(=O)OCC(Cl)(Cl)Cl)c1. The second kappa shape index (κ2) is 10.8. The molecule has 1 rings (SSSR count). The highest BCUT2D eigenvalue weighted by molar-refractivity contribution is 6.68. The van der Waals surface area contributed by atoms with Crippen LogP contribution in [0, 0.1) is 0 Å². The molecule has 0 saturated heterocycles. The molecule has 2 amide bonds. The first kappa shape index (κ1) is 25.1. The Bertz CT molecular complexity index is 694. The largest absolute Gasteiger partial charge is 0.497 e. The molecule has 8 nitrogen and oxygen atoms in total. The molecule has 14 heteroatoms. The van der Waals surface area contributed by atoms with Gasteiger partial charge in [-0.3, -0.25) is 0 Å². The summed E-state index contributed by atoms with van der Waals surface area (Å²) in [7, 11) is 2.75. The Morgan fingerprint density at radius 3 is 2.04 bits per heavy atom. The van der Waals surface area contributed by atoms with Gasteiger partial charge in [-0.2, -0.15) is 5.01 Å². The second-order valence-corrected chi connectivity index (χ2v) is 9.88. The first-order chi connectivity index (χ1) is 12.9. The monoisotopic (exact) mass is 516 g/mol. The second-order valence-electron chi connectivity index (χ2n) is 4.85. The molecule has 1 aromatic carbocycles. The van der Waals surface area contributed by atoms with Crippen LogP contribution in [-0.4, -0.2) is 47.2 Å². The Morgan fingerprint density at radius 2 is 1.54 bits per heavy atom. The minimum absolute atomic E-state index is 0.0296. The lowest BCUT2D eigenvalue weighted by atomic mass is 10.2. The Kier molecular flexibility index (Phi) is 9.66. The van der Waals surface area contributed by atoms with Crippen LogP contribution in [0.15, 0.2) is 18.2 Å². The zero-order chi connectivity index (χ0) is 21.5. The van der Waals surface area contributed by atoms with Crippen molar-refractivity contribution in [3.05, 3.63) is 18.2 Å². The number of carbonyl (C=O) groups excluding carboxylic acids is 2. The Balaban J connectivity index is 3.14. The fraction of sp³-hybridized carbons (Fsp3) is 0.429. The van der Waals surface area contributed by atoms with E-state index in [0.29, 0.717) is 10.8 Å². The van der Waals surface area contributed by atoms with Crippen molar-refractivity contribution in [2.45, 2.75) is 7.59 Å². The van der Waals surface area contributed by atoms with Gasteiger partial charge in [0.25, 0.3) is 0 Å². The van der Waals surface area contributed by atoms with Crippen LogP contribution in [-0.2, 0) is 9.47 Å². The summed E-state index contributed by atoms with van der Waals surface area (Å²) in [6.45, 7) is -1.19. The zero-order valence-electron chi connectivity index (χ0n) is 14.3. The van der Waals surface area contributed by atoms with Gasteiger partial charge >= 0.3 is 12.2 Å². The lowest BCUT2D eigenvalue weighted by Gasteiger charge is -2.25. The van der Waals surface area contributed by atoms with Crippen molar-refractivity contribution < 1.29 is 28.5 Å². The molecule has 0 aliphatic rings. The van der Waals surface area contributed by atoms with Gasteiger partial charge in [-0.1, -0.05) is 69.6 Å². The quantitative estimate of drug-likeness (QED) is 0.434. The average Bonchev–Trinajstić information content (AvgIpc) is 2.60. The van der Waals surface area contributed by atoms with E-state index < -0.39 is 33.0 Å². The van der Waals surface area contributed by atoms with Crippen LogP contribution < -0.4 is 19.9 Å². The van der Waals surface area contributed by atoms with Crippen LogP contribution in [0.4, 0.5) is 15.3 Å². The molecule has 0 aliphatic heterocycles. The van der Waals surface area contributed by atoms with Gasteiger partial charge in [-0.15, -0.1) is 0 Å². The summed E-state index contributed by atoms with van der Waals surface area (Å²) >= 11 is 33.3. The molecule has 158 valence electrons. The highest BCUT2D eigenvalue weighted by Crippen LogP contribution is 2.33. The van der Waals surface area contributed by atoms with E-state index in [1.165, 1.54) is 26.4 Å². The van der Waals surface area contributed by atoms with Crippen molar-refractivity contribution in [1.29, 1.82) is 0 Å². The van der Waals surface area contributed by atoms with Crippen molar-refractivity contribution in [2.75, 3.05) is 32.4 Å². The number of nitrogens with zero attached hydrogens (tertiary/aromatic N) is 1. The molecule has 28 heavy (non-hydrogen) atoms. The number of halogens is 6. The van der Waals surface area contributed by atoms with Crippen LogP contribution in [0.1, 0.15) is 0 Å². The van der Waals surface area contributed by atoms with E-state index in [0.717, 1.165) is 0 Å². The summed E-state index contributed by atoms with van der Waals surface area (Å²) in [5.74, 6) is 0.514. The molecular formula is C14H14Cl6N2O6. The van der Waals surface area contributed by atoms with E-state index in [4.69, 9.17) is 88.6 Å². The van der Waals surface area contributed by atoms with Crippen molar-refractivity contribution in [3.8, 4) is 11.5 Å². The van der Waals surface area contributed by atoms with E-state index in [1.807, 2.05) is 0 Å². The first-order valence-corrected chi connectivity index (χ1v) is 9.39. The fourth-order valence-corrected chi connectivity index (χ4v) is 1.98. The molecule has 0 unspecified atom stereocenters. The minimum atomic E-state index is -1.88. The summed E-state index contributed by atoms with van der Waals surface area (Å²) < 4.78 is 16.2. The number of anilines is 1. The number of hydrazine groups is 1. The molecule has 0 saturated carbocycles. The molecule has 0 atom stereocenters. The number of hydrogen-bond acceptors (Lipinski definition) is 6. The van der Waals surface area contributed by atoms with Gasteiger partial charge in [0.1, 0.15) is 30.4 Å². The number of methoxy groups -OCH3 is 2. The number of hydrogen-bond donors (Lipinski definition) is 1. The predicted molar refractivity (Wildman–Crippen MR) is 108 cm³/mol. The average molecular weight is 519 g/mol. The summed E-state index contributed by atoms with van der Waals surface area (Å²) in [4.78, 5) is 24.5. The topological polar surface area (TPSA) is 86.3 Å². The fourth-order valence-electron chi connectivity index (χ4n) is 1.65. The minimum Gasteiger partial charge on any atom is -0.497 e. The summed E-state index contributed by atoms with van der Waals surface area (Å²) in [5.41, 5.74) is 2.15. The first-order valence-electron chi connectivity index (χ1n) is 7.12. The standard InChI is InChI=1S/C14H14Cl6N2O6/c1-25-8-3-4-10(26-2)9(5-8)22(12(24)28-7-14(18,19)20)21-11(23)27-6-13(15,16)17/h3-5H,6-7H2,1-2H3,(H,21,23). The van der Waals surface area contributed by atoms with Gasteiger partial charge in [0.2, 0.25) is 7.59 Å². The van der Waals surface area contributed by atoms with Gasteiger partial charge in [-0.05, 0) is 12.1 Å². The maximum atomic E-state index is 12.5. The van der Waals surface area contributed by atoms with Crippen molar-refractivity contribution in [2.24, 2.45) is 0 Å². The van der Waals surface area contributed by atoms with E-state index in [1.54, 1.807) is 6.07 Å². The molecule has 0 radical (unpaired) electrons. The number of ether oxygens (including phenoxy) is 4. The molecular weight excluding hydrogens is 505 g/mol. The van der Waals surface area contributed by atoms with Crippen LogP contribution in [0.2, 0.25) is 0 Å². The molecule has 0 spiro atoms. The Morgan fingerprint density at radius 1 is 0.964 bits per heavy atom. The van der Waals surface area contributed by atoms with Crippen molar-refractivity contribution in [3.63, 3.8) is 0 Å². The van der Waals surface area contributed by atoms with Gasteiger partial charge < -0.3 is 18.9 Å². The maximum absolute atomic E-state index is 12.5. The smallest absolute Gasteiger partial charge is 0.433 e. The molecule has 1 aromatic rings. The van der Waals surface area contributed by atoms with Crippen LogP contribution in [0.5, 0.6) is 11.5 Å². The normalized spacial score (nSPS) is 11.4. The Hall–Kier alpha value is -0.900. The van der Waals surface area contributed by atoms with Crippen molar-refractivity contribution >= 4 is 87.5 Å². The van der Waals surface area contributed by atoms with Gasteiger partial charge in [-0.25, -0.2) is 15.0 Å². The third-order valence-corrected chi connectivity index (χ3v) is 3.39. The van der Waals surface area contributed by atoms with Gasteiger partial charge in [0, 0.05) is 6.07 Å². The number of carbonyl (C=O) groups is 2. The third kappa shape index (κ3) is 9.07. The predicted octanol–water partition coefficient (Wildman–Crippen LogP) is 5.03. The van der Waals surface area contributed by atoms with Crippen LogP contribution in [0.25, 0.3) is 0 Å². The summed E-state index contributed by atoms with van der Waals surface area (Å²) in [6, 6.07) is 4.43. The summed E-state index contributed by atoms with van der Waals surface area (Å²) in [6.07, 6.45) is -2.26. The number of amides is 2. The van der Waals surface area contributed by atoms with Crippen molar-refractivity contribution in [1.82, 2.24) is 5.43 Å². The van der Waals surface area contributed by atoms with Crippen LogP contribution >= 0.6 is 69.6 Å². The molecule has 0 bridgehead atoms. The number of alkyl halides is 6. The van der Waals surface area contributed by atoms with E-state index >= 15 is 0 Å². The van der Waals surface area contributed by atoms with E-state index in [2.05, 4.69) is 5.43 Å². The molecule has 0 heterocycles. The zero-order valence-corrected chi connectivity index (χ0v) is 18.8. The number of nitrogens with one attached hydrogen (secondary N) is 1.